The van der Waals surface area contributed by atoms with Gasteiger partial charge >= 0.3 is 0 Å². The highest BCUT2D eigenvalue weighted by Gasteiger charge is 2.47. The van der Waals surface area contributed by atoms with Crippen molar-refractivity contribution in [2.75, 3.05) is 12.0 Å². The van der Waals surface area contributed by atoms with E-state index >= 15 is 0 Å². The fourth-order valence-electron chi connectivity index (χ4n) is 5.05. The van der Waals surface area contributed by atoms with Crippen LogP contribution in [0.5, 0.6) is 5.75 Å². The summed E-state index contributed by atoms with van der Waals surface area (Å²) in [5, 5.41) is 13.3. The fourth-order valence-corrected chi connectivity index (χ4v) is 5.05. The molecule has 9 nitrogen and oxygen atoms in total. The van der Waals surface area contributed by atoms with Crippen LogP contribution in [0, 0.1) is 5.92 Å². The lowest BCUT2D eigenvalue weighted by molar-refractivity contribution is 0.176. The maximum absolute atomic E-state index is 5.54. The van der Waals surface area contributed by atoms with Gasteiger partial charge in [0.25, 0.3) is 0 Å². The molecule has 1 aromatic carbocycles. The number of para-hydroxylation sites is 2. The second kappa shape index (κ2) is 6.33. The second-order valence-electron chi connectivity index (χ2n) is 7.76. The van der Waals surface area contributed by atoms with Crippen LogP contribution in [0.2, 0.25) is 0 Å². The minimum absolute atomic E-state index is 0.125. The SMILES string of the molecule is COc1ccccc1-n1nncc1C1=NNC2C3CCCCC3n3cncc3N12. The van der Waals surface area contributed by atoms with Crippen LogP contribution in [0.15, 0.2) is 48.1 Å². The summed E-state index contributed by atoms with van der Waals surface area (Å²) in [4.78, 5) is 6.71. The van der Waals surface area contributed by atoms with Gasteiger partial charge in [0.2, 0.25) is 0 Å². The summed E-state index contributed by atoms with van der Waals surface area (Å²) in [6.45, 7) is 0. The number of rotatable bonds is 3. The lowest BCUT2D eigenvalue weighted by atomic mass is 9.80. The number of hydrogen-bond acceptors (Lipinski definition) is 7. The van der Waals surface area contributed by atoms with Gasteiger partial charge < -0.3 is 9.30 Å². The van der Waals surface area contributed by atoms with E-state index in [2.05, 4.69) is 30.2 Å². The third-order valence-corrected chi connectivity index (χ3v) is 6.34. The molecular formula is C20H22N8O. The van der Waals surface area contributed by atoms with Crippen LogP contribution in [0.4, 0.5) is 5.82 Å². The summed E-state index contributed by atoms with van der Waals surface area (Å²) in [5.74, 6) is 3.09. The topological polar surface area (TPSA) is 85.4 Å². The highest BCUT2D eigenvalue weighted by atomic mass is 16.5. The van der Waals surface area contributed by atoms with Crippen LogP contribution in [0.3, 0.4) is 0 Å². The predicted octanol–water partition coefficient (Wildman–Crippen LogP) is 2.31. The molecule has 0 saturated heterocycles. The first-order valence-electron chi connectivity index (χ1n) is 10.1. The van der Waals surface area contributed by atoms with Crippen molar-refractivity contribution < 1.29 is 4.74 Å². The van der Waals surface area contributed by atoms with Crippen LogP contribution in [0.1, 0.15) is 37.4 Å². The van der Waals surface area contributed by atoms with Crippen molar-refractivity contribution in [2.45, 2.75) is 37.9 Å². The van der Waals surface area contributed by atoms with Gasteiger partial charge in [-0.05, 0) is 25.0 Å². The molecule has 1 aliphatic carbocycles. The molecule has 2 aromatic heterocycles. The number of hydrazone groups is 1. The number of fused-ring (bicyclic) bond motifs is 6. The van der Waals surface area contributed by atoms with Gasteiger partial charge in [0, 0.05) is 12.0 Å². The van der Waals surface area contributed by atoms with E-state index in [0.29, 0.717) is 12.0 Å². The molecule has 6 rings (SSSR count). The van der Waals surface area contributed by atoms with Gasteiger partial charge in [0.05, 0.1) is 25.8 Å². The zero-order chi connectivity index (χ0) is 19.4. The van der Waals surface area contributed by atoms with E-state index in [0.717, 1.165) is 28.8 Å². The highest BCUT2D eigenvalue weighted by Crippen LogP contribution is 2.45. The Hall–Kier alpha value is -3.36. The largest absolute Gasteiger partial charge is 0.494 e. The summed E-state index contributed by atoms with van der Waals surface area (Å²) >= 11 is 0. The number of imidazole rings is 1. The van der Waals surface area contributed by atoms with E-state index < -0.39 is 0 Å². The number of nitrogens with one attached hydrogen (secondary N) is 1. The molecule has 1 fully saturated rings. The zero-order valence-corrected chi connectivity index (χ0v) is 16.1. The van der Waals surface area contributed by atoms with Crippen LogP contribution in [-0.4, -0.2) is 43.7 Å². The van der Waals surface area contributed by atoms with Crippen molar-refractivity contribution >= 4 is 11.7 Å². The normalized spacial score (nSPS) is 24.9. The summed E-state index contributed by atoms with van der Waals surface area (Å²) < 4.78 is 9.64. The maximum Gasteiger partial charge on any atom is 0.183 e. The molecule has 9 heteroatoms. The maximum atomic E-state index is 5.54. The van der Waals surface area contributed by atoms with Crippen molar-refractivity contribution in [3.8, 4) is 11.4 Å². The van der Waals surface area contributed by atoms with Gasteiger partial charge in [-0.25, -0.2) is 9.67 Å². The van der Waals surface area contributed by atoms with E-state index in [1.807, 2.05) is 36.8 Å². The number of methoxy groups -OCH3 is 1. The molecule has 0 amide bonds. The van der Waals surface area contributed by atoms with Crippen LogP contribution < -0.4 is 15.1 Å². The monoisotopic (exact) mass is 390 g/mol. The number of aromatic nitrogens is 5. The third kappa shape index (κ3) is 2.33. The molecule has 0 bridgehead atoms. The molecule has 4 heterocycles. The Morgan fingerprint density at radius 3 is 2.97 bits per heavy atom. The fraction of sp³-hybridized carbons (Fsp3) is 0.400. The van der Waals surface area contributed by atoms with E-state index in [4.69, 9.17) is 9.84 Å². The Bertz CT molecular complexity index is 1090. The van der Waals surface area contributed by atoms with E-state index in [-0.39, 0.29) is 6.17 Å². The highest BCUT2D eigenvalue weighted by molar-refractivity contribution is 6.10. The molecule has 29 heavy (non-hydrogen) atoms. The molecule has 0 radical (unpaired) electrons. The van der Waals surface area contributed by atoms with Gasteiger partial charge in [0.1, 0.15) is 29.1 Å². The van der Waals surface area contributed by atoms with Crippen molar-refractivity contribution in [1.29, 1.82) is 0 Å². The second-order valence-corrected chi connectivity index (χ2v) is 7.76. The Balaban J connectivity index is 1.46. The number of nitrogens with zero attached hydrogens (tertiary/aromatic N) is 7. The third-order valence-electron chi connectivity index (χ3n) is 6.34. The minimum atomic E-state index is 0.125. The molecule has 148 valence electrons. The van der Waals surface area contributed by atoms with Crippen LogP contribution in [-0.2, 0) is 0 Å². The molecule has 0 spiro atoms. The Morgan fingerprint density at radius 1 is 1.14 bits per heavy atom. The molecule has 3 unspecified atom stereocenters. The first-order chi connectivity index (χ1) is 14.4. The van der Waals surface area contributed by atoms with Gasteiger partial charge in [-0.15, -0.1) is 5.10 Å². The van der Waals surface area contributed by atoms with Gasteiger partial charge in [0.15, 0.2) is 5.84 Å². The van der Waals surface area contributed by atoms with Crippen LogP contribution in [0.25, 0.3) is 5.69 Å². The average Bonchev–Trinajstić information content (AvgIpc) is 3.52. The Labute approximate surface area is 168 Å². The Morgan fingerprint density at radius 2 is 2.03 bits per heavy atom. The number of ether oxygens (including phenoxy) is 1. The molecule has 3 aliphatic rings. The summed E-state index contributed by atoms with van der Waals surface area (Å²) in [5.41, 5.74) is 5.05. The van der Waals surface area contributed by atoms with Crippen molar-refractivity contribution in [3.63, 3.8) is 0 Å². The van der Waals surface area contributed by atoms with Crippen LogP contribution >= 0.6 is 0 Å². The van der Waals surface area contributed by atoms with Gasteiger partial charge in [-0.3, -0.25) is 10.3 Å². The number of benzene rings is 1. The molecule has 3 atom stereocenters. The smallest absolute Gasteiger partial charge is 0.183 e. The molecule has 2 aliphatic heterocycles. The van der Waals surface area contributed by atoms with E-state index in [9.17, 15) is 0 Å². The van der Waals surface area contributed by atoms with Gasteiger partial charge in [-0.2, -0.15) is 5.10 Å². The minimum Gasteiger partial charge on any atom is -0.494 e. The average molecular weight is 390 g/mol. The first kappa shape index (κ1) is 16.6. The molecular weight excluding hydrogens is 368 g/mol. The number of amidine groups is 1. The zero-order valence-electron chi connectivity index (χ0n) is 16.1. The van der Waals surface area contributed by atoms with Gasteiger partial charge in [-0.1, -0.05) is 30.2 Å². The van der Waals surface area contributed by atoms with E-state index in [1.165, 1.54) is 25.7 Å². The van der Waals surface area contributed by atoms with E-state index in [1.54, 1.807) is 18.0 Å². The Kier molecular flexibility index (Phi) is 3.62. The lowest BCUT2D eigenvalue weighted by Gasteiger charge is -2.45. The summed E-state index contributed by atoms with van der Waals surface area (Å²) in [6.07, 6.45) is 10.7. The molecule has 1 saturated carbocycles. The van der Waals surface area contributed by atoms with Crippen molar-refractivity contribution in [3.05, 3.63) is 48.7 Å². The first-order valence-corrected chi connectivity index (χ1v) is 10.1. The standard InChI is InChI=1S/C20H22N8O/c1-29-17-9-5-4-8-15(17)28-16(10-22-25-28)20-24-23-19-13-6-2-3-7-14(13)26-12-21-11-18(26)27(19)20/h4-5,8-14,19,23H,2-3,6-7H2,1H3. The quantitative estimate of drug-likeness (QED) is 0.739. The predicted molar refractivity (Wildman–Crippen MR) is 107 cm³/mol. The van der Waals surface area contributed by atoms with Crippen molar-refractivity contribution in [1.82, 2.24) is 30.0 Å². The summed E-state index contributed by atoms with van der Waals surface area (Å²) in [6, 6.07) is 8.26. The lowest BCUT2D eigenvalue weighted by Crippen LogP contribution is -2.53. The molecule has 3 aromatic rings. The molecule has 1 N–H and O–H groups in total. The number of anilines is 1. The summed E-state index contributed by atoms with van der Waals surface area (Å²) in [7, 11) is 1.66. The number of hydrogen-bond donors (Lipinski definition) is 1. The van der Waals surface area contributed by atoms with Crippen molar-refractivity contribution in [2.24, 2.45) is 11.0 Å².